The zero-order valence-corrected chi connectivity index (χ0v) is 12.1. The first kappa shape index (κ1) is 15.4. The van der Waals surface area contributed by atoms with Gasteiger partial charge in [0.25, 0.3) is 10.0 Å². The molecule has 7 heteroatoms. The highest BCUT2D eigenvalue weighted by Gasteiger charge is 2.28. The second-order valence-corrected chi connectivity index (χ2v) is 6.03. The number of hydrogen-bond acceptors (Lipinski definition) is 5. The number of hydrogen-bond donors (Lipinski definition) is 1. The minimum atomic E-state index is -3.70. The molecular formula is C12H18N4O2S. The third-order valence-corrected chi connectivity index (χ3v) is 4.70. The van der Waals surface area contributed by atoms with E-state index in [1.54, 1.807) is 19.1 Å². The highest BCUT2D eigenvalue weighted by Crippen LogP contribution is 2.22. The van der Waals surface area contributed by atoms with Crippen LogP contribution >= 0.6 is 0 Å². The van der Waals surface area contributed by atoms with E-state index in [1.807, 2.05) is 13.0 Å². The number of nitriles is 1. The van der Waals surface area contributed by atoms with Gasteiger partial charge in [0.05, 0.1) is 18.2 Å². The summed E-state index contributed by atoms with van der Waals surface area (Å²) < 4.78 is 26.1. The predicted molar refractivity (Wildman–Crippen MR) is 73.0 cm³/mol. The lowest BCUT2D eigenvalue weighted by molar-refractivity contribution is 0.391. The van der Waals surface area contributed by atoms with E-state index in [2.05, 4.69) is 10.3 Å². The van der Waals surface area contributed by atoms with Gasteiger partial charge < -0.3 is 5.32 Å². The van der Waals surface area contributed by atoms with Crippen molar-refractivity contribution in [1.82, 2.24) is 9.29 Å². The second-order valence-electron chi connectivity index (χ2n) is 4.12. The molecule has 0 fully saturated rings. The number of nitrogens with one attached hydrogen (secondary N) is 1. The molecule has 0 aliphatic carbocycles. The summed E-state index contributed by atoms with van der Waals surface area (Å²) in [6.07, 6.45) is 1.58. The normalized spacial score (nSPS) is 13.0. The maximum atomic E-state index is 12.5. The first-order chi connectivity index (χ1) is 8.95. The Balaban J connectivity index is 3.17. The quantitative estimate of drug-likeness (QED) is 0.853. The first-order valence-corrected chi connectivity index (χ1v) is 7.43. The van der Waals surface area contributed by atoms with E-state index in [4.69, 9.17) is 5.26 Å². The predicted octanol–water partition coefficient (Wildman–Crippen LogP) is 1.44. The van der Waals surface area contributed by atoms with Gasteiger partial charge in [0.2, 0.25) is 0 Å². The second kappa shape index (κ2) is 6.50. The first-order valence-electron chi connectivity index (χ1n) is 5.99. The molecule has 1 unspecified atom stereocenters. The van der Waals surface area contributed by atoms with Gasteiger partial charge in [-0.3, -0.25) is 0 Å². The Morgan fingerprint density at radius 3 is 2.84 bits per heavy atom. The summed E-state index contributed by atoms with van der Waals surface area (Å²) >= 11 is 0. The van der Waals surface area contributed by atoms with E-state index in [1.165, 1.54) is 17.5 Å². The van der Waals surface area contributed by atoms with E-state index in [0.29, 0.717) is 12.2 Å². The van der Waals surface area contributed by atoms with E-state index in [-0.39, 0.29) is 11.4 Å². The Hall–Kier alpha value is -1.65. The largest absolute Gasteiger partial charge is 0.383 e. The molecule has 0 bridgehead atoms. The van der Waals surface area contributed by atoms with Crippen molar-refractivity contribution in [3.63, 3.8) is 0 Å². The third kappa shape index (κ3) is 3.43. The Morgan fingerprint density at radius 2 is 2.26 bits per heavy atom. The highest BCUT2D eigenvalue weighted by molar-refractivity contribution is 7.89. The minimum Gasteiger partial charge on any atom is -0.383 e. The summed E-state index contributed by atoms with van der Waals surface area (Å²) in [5.74, 6) is 0. The molecule has 0 amide bonds. The van der Waals surface area contributed by atoms with Gasteiger partial charge in [-0.2, -0.15) is 9.57 Å². The monoisotopic (exact) mass is 282 g/mol. The Bertz CT molecular complexity index is 565. The van der Waals surface area contributed by atoms with Crippen molar-refractivity contribution >= 4 is 15.7 Å². The van der Waals surface area contributed by atoms with Crippen LogP contribution in [0.2, 0.25) is 0 Å². The Kier molecular flexibility index (Phi) is 5.27. The molecule has 1 heterocycles. The number of nitrogens with zero attached hydrogens (tertiary/aromatic N) is 3. The Labute approximate surface area is 114 Å². The van der Waals surface area contributed by atoms with Gasteiger partial charge in [-0.15, -0.1) is 0 Å². The van der Waals surface area contributed by atoms with Crippen molar-refractivity contribution in [3.05, 3.63) is 18.3 Å². The number of sulfonamides is 1. The van der Waals surface area contributed by atoms with Crippen LogP contribution in [0.1, 0.15) is 20.3 Å². The summed E-state index contributed by atoms with van der Waals surface area (Å²) in [6, 6.07) is 4.92. The molecule has 19 heavy (non-hydrogen) atoms. The van der Waals surface area contributed by atoms with E-state index in [9.17, 15) is 8.42 Å². The maximum Gasteiger partial charge on any atom is 0.262 e. The van der Waals surface area contributed by atoms with Crippen molar-refractivity contribution < 1.29 is 8.42 Å². The zero-order chi connectivity index (χ0) is 14.5. The minimum absolute atomic E-state index is 0.0101. The van der Waals surface area contributed by atoms with Gasteiger partial charge in [-0.1, -0.05) is 0 Å². The van der Waals surface area contributed by atoms with Crippen LogP contribution in [0.5, 0.6) is 0 Å². The van der Waals surface area contributed by atoms with Gasteiger partial charge in [-0.25, -0.2) is 13.4 Å². The van der Waals surface area contributed by atoms with Crippen molar-refractivity contribution in [3.8, 4) is 6.07 Å². The van der Waals surface area contributed by atoms with Crippen LogP contribution in [0.4, 0.5) is 5.69 Å². The van der Waals surface area contributed by atoms with Gasteiger partial charge >= 0.3 is 0 Å². The van der Waals surface area contributed by atoms with E-state index >= 15 is 0 Å². The fourth-order valence-electron chi connectivity index (χ4n) is 1.56. The lowest BCUT2D eigenvalue weighted by Gasteiger charge is -2.23. The fraction of sp³-hybridized carbons (Fsp3) is 0.500. The van der Waals surface area contributed by atoms with Crippen LogP contribution in [-0.2, 0) is 10.0 Å². The van der Waals surface area contributed by atoms with Gasteiger partial charge in [-0.05, 0) is 26.0 Å². The summed E-state index contributed by atoms with van der Waals surface area (Å²) in [5.41, 5.74) is 0.473. The lowest BCUT2D eigenvalue weighted by atomic mass is 10.3. The van der Waals surface area contributed by atoms with Crippen LogP contribution in [0.3, 0.4) is 0 Å². The van der Waals surface area contributed by atoms with E-state index < -0.39 is 16.1 Å². The molecule has 1 rings (SSSR count). The van der Waals surface area contributed by atoms with Crippen molar-refractivity contribution in [2.75, 3.05) is 18.9 Å². The fourth-order valence-corrected chi connectivity index (χ4v) is 2.99. The van der Waals surface area contributed by atoms with Crippen LogP contribution in [0.15, 0.2) is 23.4 Å². The number of aromatic nitrogens is 1. The smallest absolute Gasteiger partial charge is 0.262 e. The van der Waals surface area contributed by atoms with Crippen molar-refractivity contribution in [2.45, 2.75) is 31.3 Å². The van der Waals surface area contributed by atoms with Gasteiger partial charge in [0.15, 0.2) is 5.03 Å². The van der Waals surface area contributed by atoms with Crippen LogP contribution in [0.25, 0.3) is 0 Å². The maximum absolute atomic E-state index is 12.5. The average Bonchev–Trinajstić information content (AvgIpc) is 2.39. The van der Waals surface area contributed by atoms with Crippen LogP contribution in [0, 0.1) is 11.3 Å². The highest BCUT2D eigenvalue weighted by atomic mass is 32.2. The van der Waals surface area contributed by atoms with E-state index in [0.717, 1.165) is 0 Å². The summed E-state index contributed by atoms with van der Waals surface area (Å²) in [4.78, 5) is 3.96. The standard InChI is InChI=1S/C12H18N4O2S/c1-4-14-11-6-5-9-15-12(11)19(17,18)16(3)10(2)7-8-13/h5-6,9-10,14H,4,7H2,1-3H3. The van der Waals surface area contributed by atoms with Gasteiger partial charge in [0.1, 0.15) is 0 Å². The lowest BCUT2D eigenvalue weighted by Crippen LogP contribution is -2.35. The molecule has 0 aromatic carbocycles. The summed E-state index contributed by atoms with van der Waals surface area (Å²) in [5, 5.41) is 11.6. The van der Waals surface area contributed by atoms with Crippen molar-refractivity contribution in [2.24, 2.45) is 0 Å². The van der Waals surface area contributed by atoms with Crippen LogP contribution < -0.4 is 5.32 Å². The molecule has 6 nitrogen and oxygen atoms in total. The molecule has 0 saturated heterocycles. The van der Waals surface area contributed by atoms with Gasteiger partial charge in [0, 0.05) is 25.8 Å². The molecule has 0 aliphatic heterocycles. The molecular weight excluding hydrogens is 264 g/mol. The molecule has 0 radical (unpaired) electrons. The average molecular weight is 282 g/mol. The number of pyridine rings is 1. The SMILES string of the molecule is CCNc1cccnc1S(=O)(=O)N(C)C(C)CC#N. The number of anilines is 1. The molecule has 104 valence electrons. The summed E-state index contributed by atoms with van der Waals surface area (Å²) in [7, 11) is -2.24. The van der Waals surface area contributed by atoms with Crippen LogP contribution in [-0.4, -0.2) is 37.3 Å². The molecule has 1 aromatic heterocycles. The topological polar surface area (TPSA) is 86.1 Å². The molecule has 0 saturated carbocycles. The van der Waals surface area contributed by atoms with Crippen molar-refractivity contribution in [1.29, 1.82) is 5.26 Å². The molecule has 0 spiro atoms. The molecule has 1 N–H and O–H groups in total. The number of rotatable bonds is 6. The molecule has 0 aliphatic rings. The Morgan fingerprint density at radius 1 is 1.58 bits per heavy atom. The molecule has 1 atom stereocenters. The molecule has 1 aromatic rings. The third-order valence-electron chi connectivity index (χ3n) is 2.77. The zero-order valence-electron chi connectivity index (χ0n) is 11.3. The summed E-state index contributed by atoms with van der Waals surface area (Å²) in [6.45, 7) is 4.17.